The normalized spacial score (nSPS) is 11.1. The molecule has 1 aromatic carbocycles. The predicted molar refractivity (Wildman–Crippen MR) is 100 cm³/mol. The molecule has 1 amide bonds. The van der Waals surface area contributed by atoms with E-state index in [2.05, 4.69) is 10.3 Å². The summed E-state index contributed by atoms with van der Waals surface area (Å²) < 4.78 is 10.2. The van der Waals surface area contributed by atoms with E-state index in [0.29, 0.717) is 11.3 Å². The topological polar surface area (TPSA) is 104 Å². The largest absolute Gasteiger partial charge is 0.502 e. The maximum absolute atomic E-state index is 12.1. The first-order chi connectivity index (χ1) is 13.1. The van der Waals surface area contributed by atoms with Crippen molar-refractivity contribution in [3.8, 4) is 23.3 Å². The number of nitrogens with zero attached hydrogens (tertiary/aromatic N) is 2. The summed E-state index contributed by atoms with van der Waals surface area (Å²) in [4.78, 5) is 16.2. The van der Waals surface area contributed by atoms with Crippen LogP contribution in [0.15, 0.2) is 54.3 Å². The molecule has 0 fully saturated rings. The van der Waals surface area contributed by atoms with Crippen molar-refractivity contribution in [1.82, 2.24) is 10.3 Å². The number of benzene rings is 1. The maximum Gasteiger partial charge on any atom is 0.262 e. The first kappa shape index (κ1) is 19.5. The lowest BCUT2D eigenvalue weighted by molar-refractivity contribution is -0.117. The van der Waals surface area contributed by atoms with Crippen molar-refractivity contribution in [3.05, 3.63) is 65.5 Å². The predicted octanol–water partition coefficient (Wildman–Crippen LogP) is 2.58. The van der Waals surface area contributed by atoms with Crippen LogP contribution < -0.4 is 14.8 Å². The fourth-order valence-electron chi connectivity index (χ4n) is 2.20. The van der Waals surface area contributed by atoms with Gasteiger partial charge in [-0.25, -0.2) is 0 Å². The minimum Gasteiger partial charge on any atom is -0.502 e. The third kappa shape index (κ3) is 5.34. The molecule has 2 N–H and O–H groups in total. The van der Waals surface area contributed by atoms with Gasteiger partial charge in [0.25, 0.3) is 5.91 Å². The van der Waals surface area contributed by atoms with E-state index in [-0.39, 0.29) is 29.4 Å². The Kier molecular flexibility index (Phi) is 6.97. The second-order valence-electron chi connectivity index (χ2n) is 5.33. The van der Waals surface area contributed by atoms with Crippen LogP contribution in [0.2, 0.25) is 0 Å². The van der Waals surface area contributed by atoms with Gasteiger partial charge in [-0.05, 0) is 35.9 Å². The van der Waals surface area contributed by atoms with Gasteiger partial charge < -0.3 is 19.9 Å². The van der Waals surface area contributed by atoms with Crippen LogP contribution in [0, 0.1) is 11.3 Å². The molecule has 0 aliphatic carbocycles. The zero-order chi connectivity index (χ0) is 19.6. The first-order valence-corrected chi connectivity index (χ1v) is 8.00. The highest BCUT2D eigenvalue weighted by Crippen LogP contribution is 2.37. The van der Waals surface area contributed by atoms with E-state index >= 15 is 0 Å². The van der Waals surface area contributed by atoms with Crippen LogP contribution in [0.5, 0.6) is 17.2 Å². The summed E-state index contributed by atoms with van der Waals surface area (Å²) in [5.41, 5.74) is 1.32. The molecular weight excluding hydrogens is 346 g/mol. The third-order valence-electron chi connectivity index (χ3n) is 3.57. The van der Waals surface area contributed by atoms with Gasteiger partial charge >= 0.3 is 0 Å². The molecule has 2 aromatic rings. The molecule has 27 heavy (non-hydrogen) atoms. The van der Waals surface area contributed by atoms with E-state index in [0.717, 1.165) is 0 Å². The molecule has 0 unspecified atom stereocenters. The number of hydrogen-bond acceptors (Lipinski definition) is 6. The van der Waals surface area contributed by atoms with Crippen molar-refractivity contribution >= 4 is 12.0 Å². The van der Waals surface area contributed by atoms with Crippen molar-refractivity contribution in [3.63, 3.8) is 0 Å². The highest BCUT2D eigenvalue weighted by atomic mass is 16.5. The highest BCUT2D eigenvalue weighted by molar-refractivity contribution is 5.97. The van der Waals surface area contributed by atoms with Gasteiger partial charge in [0.1, 0.15) is 11.6 Å². The summed E-state index contributed by atoms with van der Waals surface area (Å²) in [6.07, 6.45) is 6.25. The Morgan fingerprint density at radius 3 is 2.56 bits per heavy atom. The first-order valence-electron chi connectivity index (χ1n) is 8.00. The molecule has 1 heterocycles. The van der Waals surface area contributed by atoms with Gasteiger partial charge in [-0.1, -0.05) is 18.2 Å². The standard InChI is InChI=1S/C20H19N3O4/c1-26-17-10-14(11-18(27-2)19(17)24)6-5-7-15(12-21)20(25)23-13-16-8-3-4-9-22-16/h3-11,24H,13H2,1-2H3,(H,23,25)/b6-5+,15-7+. The number of amides is 1. The molecule has 0 saturated heterocycles. The monoisotopic (exact) mass is 365 g/mol. The molecule has 0 radical (unpaired) electrons. The van der Waals surface area contributed by atoms with Crippen LogP contribution in [0.3, 0.4) is 0 Å². The highest BCUT2D eigenvalue weighted by Gasteiger charge is 2.10. The molecule has 2 rings (SSSR count). The Morgan fingerprint density at radius 1 is 1.30 bits per heavy atom. The van der Waals surface area contributed by atoms with E-state index in [1.165, 1.54) is 20.3 Å². The van der Waals surface area contributed by atoms with Crippen molar-refractivity contribution in [2.24, 2.45) is 0 Å². The number of phenolic OH excluding ortho intramolecular Hbond substituents is 1. The molecule has 0 aliphatic heterocycles. The number of ether oxygens (including phenoxy) is 2. The molecular formula is C20H19N3O4. The number of aromatic hydroxyl groups is 1. The maximum atomic E-state index is 12.1. The summed E-state index contributed by atoms with van der Waals surface area (Å²) >= 11 is 0. The number of nitrogens with one attached hydrogen (secondary N) is 1. The van der Waals surface area contributed by atoms with Gasteiger partial charge in [0, 0.05) is 6.20 Å². The quantitative estimate of drug-likeness (QED) is 0.444. The number of phenols is 1. The Balaban J connectivity index is 2.09. The van der Waals surface area contributed by atoms with E-state index in [4.69, 9.17) is 9.47 Å². The summed E-state index contributed by atoms with van der Waals surface area (Å²) in [5.74, 6) is -0.0776. The molecule has 0 aliphatic rings. The molecule has 1 aromatic heterocycles. The summed E-state index contributed by atoms with van der Waals surface area (Å²) in [6.45, 7) is 0.231. The number of allylic oxidation sites excluding steroid dienone is 2. The Labute approximate surface area is 157 Å². The van der Waals surface area contributed by atoms with E-state index in [1.807, 2.05) is 12.1 Å². The Bertz CT molecular complexity index is 874. The number of carbonyl (C=O) groups excluding carboxylic acids is 1. The van der Waals surface area contributed by atoms with Crippen LogP contribution in [-0.2, 0) is 11.3 Å². The summed E-state index contributed by atoms with van der Waals surface area (Å²) in [7, 11) is 2.86. The Hall–Kier alpha value is -3.79. The van der Waals surface area contributed by atoms with Gasteiger partial charge in [-0.2, -0.15) is 5.26 Å². The zero-order valence-corrected chi connectivity index (χ0v) is 15.0. The average Bonchev–Trinajstić information content (AvgIpc) is 2.71. The van der Waals surface area contributed by atoms with Gasteiger partial charge in [0.05, 0.1) is 26.5 Å². The fraction of sp³-hybridized carbons (Fsp3) is 0.150. The minimum absolute atomic E-state index is 0.0418. The fourth-order valence-corrected chi connectivity index (χ4v) is 2.20. The lowest BCUT2D eigenvalue weighted by atomic mass is 10.1. The number of nitriles is 1. The Morgan fingerprint density at radius 2 is 2.00 bits per heavy atom. The van der Waals surface area contributed by atoms with Crippen LogP contribution in [-0.4, -0.2) is 30.2 Å². The van der Waals surface area contributed by atoms with Gasteiger partial charge in [0.15, 0.2) is 11.5 Å². The SMILES string of the molecule is COc1cc(/C=C/C=C(\C#N)C(=O)NCc2ccccn2)cc(OC)c1O. The van der Waals surface area contributed by atoms with Gasteiger partial charge in [0.2, 0.25) is 5.75 Å². The van der Waals surface area contributed by atoms with Gasteiger partial charge in [-0.3, -0.25) is 9.78 Å². The number of methoxy groups -OCH3 is 2. The molecule has 138 valence electrons. The third-order valence-corrected chi connectivity index (χ3v) is 3.57. The second kappa shape index (κ2) is 9.63. The second-order valence-corrected chi connectivity index (χ2v) is 5.33. The van der Waals surface area contributed by atoms with Crippen molar-refractivity contribution in [2.75, 3.05) is 14.2 Å². The number of hydrogen-bond donors (Lipinski definition) is 2. The number of aromatic nitrogens is 1. The summed E-state index contributed by atoms with van der Waals surface area (Å²) in [6, 6.07) is 10.5. The van der Waals surface area contributed by atoms with Crippen LogP contribution in [0.1, 0.15) is 11.3 Å². The average molecular weight is 365 g/mol. The molecule has 0 atom stereocenters. The lowest BCUT2D eigenvalue weighted by Crippen LogP contribution is -2.24. The van der Waals surface area contributed by atoms with E-state index in [1.54, 1.807) is 42.6 Å². The molecule has 7 heteroatoms. The lowest BCUT2D eigenvalue weighted by Gasteiger charge is -2.09. The van der Waals surface area contributed by atoms with Crippen molar-refractivity contribution in [2.45, 2.75) is 6.54 Å². The molecule has 7 nitrogen and oxygen atoms in total. The molecule has 0 spiro atoms. The van der Waals surface area contributed by atoms with E-state index < -0.39 is 5.91 Å². The van der Waals surface area contributed by atoms with Crippen molar-refractivity contribution in [1.29, 1.82) is 5.26 Å². The van der Waals surface area contributed by atoms with Crippen LogP contribution >= 0.6 is 0 Å². The smallest absolute Gasteiger partial charge is 0.262 e. The van der Waals surface area contributed by atoms with E-state index in [9.17, 15) is 15.2 Å². The van der Waals surface area contributed by atoms with Gasteiger partial charge in [-0.15, -0.1) is 0 Å². The van der Waals surface area contributed by atoms with Crippen LogP contribution in [0.25, 0.3) is 6.08 Å². The zero-order valence-electron chi connectivity index (χ0n) is 15.0. The summed E-state index contributed by atoms with van der Waals surface area (Å²) in [5, 5.41) is 21.7. The molecule has 0 saturated carbocycles. The number of pyridine rings is 1. The number of carbonyl (C=O) groups is 1. The van der Waals surface area contributed by atoms with Crippen LogP contribution in [0.4, 0.5) is 0 Å². The molecule has 0 bridgehead atoms. The minimum atomic E-state index is -0.492. The number of rotatable bonds is 7. The van der Waals surface area contributed by atoms with Crippen molar-refractivity contribution < 1.29 is 19.4 Å².